The standard InChI is InChI=1S/C14H21N3OS/c1-5-11-7-16-12(18-11)8-15-6-10-9-19-13(17-10)14(2,3)4/h7,9,15H,5-6,8H2,1-4H3. The molecule has 0 radical (unpaired) electrons. The van der Waals surface area contributed by atoms with E-state index >= 15 is 0 Å². The Labute approximate surface area is 118 Å². The number of hydrogen-bond donors (Lipinski definition) is 1. The van der Waals surface area contributed by atoms with Crippen LogP contribution in [0.15, 0.2) is 16.0 Å². The van der Waals surface area contributed by atoms with Crippen molar-refractivity contribution in [2.75, 3.05) is 0 Å². The molecule has 19 heavy (non-hydrogen) atoms. The number of aromatic nitrogens is 2. The Bertz CT molecular complexity index is 525. The van der Waals surface area contributed by atoms with Crippen molar-refractivity contribution in [3.63, 3.8) is 0 Å². The van der Waals surface area contributed by atoms with E-state index < -0.39 is 0 Å². The lowest BCUT2D eigenvalue weighted by molar-refractivity contribution is 0.438. The summed E-state index contributed by atoms with van der Waals surface area (Å²) in [7, 11) is 0. The Kier molecular flexibility index (Phi) is 4.37. The Balaban J connectivity index is 1.84. The second-order valence-electron chi connectivity index (χ2n) is 5.57. The van der Waals surface area contributed by atoms with E-state index in [4.69, 9.17) is 4.42 Å². The van der Waals surface area contributed by atoms with Crippen molar-refractivity contribution >= 4 is 11.3 Å². The molecule has 2 aromatic heterocycles. The van der Waals surface area contributed by atoms with E-state index in [-0.39, 0.29) is 5.41 Å². The van der Waals surface area contributed by atoms with Crippen molar-refractivity contribution < 1.29 is 4.42 Å². The number of nitrogens with zero attached hydrogens (tertiary/aromatic N) is 2. The average Bonchev–Trinajstić information content (AvgIpc) is 2.96. The van der Waals surface area contributed by atoms with Crippen LogP contribution < -0.4 is 5.32 Å². The molecule has 0 aliphatic heterocycles. The van der Waals surface area contributed by atoms with Crippen molar-refractivity contribution in [2.45, 2.75) is 52.6 Å². The molecular weight excluding hydrogens is 258 g/mol. The summed E-state index contributed by atoms with van der Waals surface area (Å²) in [5.41, 5.74) is 1.21. The molecule has 2 aromatic rings. The van der Waals surface area contributed by atoms with Crippen LogP contribution >= 0.6 is 11.3 Å². The third-order valence-electron chi connectivity index (χ3n) is 2.73. The maximum absolute atomic E-state index is 5.54. The molecule has 1 N–H and O–H groups in total. The predicted octanol–water partition coefficient (Wildman–Crippen LogP) is 3.28. The fourth-order valence-corrected chi connectivity index (χ4v) is 2.53. The van der Waals surface area contributed by atoms with Gasteiger partial charge in [0.2, 0.25) is 5.89 Å². The Morgan fingerprint density at radius 3 is 2.68 bits per heavy atom. The first-order valence-electron chi connectivity index (χ1n) is 6.58. The highest BCUT2D eigenvalue weighted by molar-refractivity contribution is 7.09. The molecule has 2 heterocycles. The normalized spacial score (nSPS) is 12.0. The van der Waals surface area contributed by atoms with Gasteiger partial charge in [0.25, 0.3) is 0 Å². The number of thiazole rings is 1. The average molecular weight is 279 g/mol. The van der Waals surface area contributed by atoms with Gasteiger partial charge in [-0.25, -0.2) is 9.97 Å². The van der Waals surface area contributed by atoms with Crippen molar-refractivity contribution in [3.05, 3.63) is 33.9 Å². The van der Waals surface area contributed by atoms with Crippen LogP contribution in [0.25, 0.3) is 0 Å². The van der Waals surface area contributed by atoms with Crippen LogP contribution in [0.2, 0.25) is 0 Å². The minimum Gasteiger partial charge on any atom is -0.444 e. The molecule has 104 valence electrons. The van der Waals surface area contributed by atoms with Gasteiger partial charge in [-0.15, -0.1) is 11.3 Å². The first-order valence-corrected chi connectivity index (χ1v) is 7.46. The third kappa shape index (κ3) is 3.88. The molecule has 0 atom stereocenters. The quantitative estimate of drug-likeness (QED) is 0.912. The van der Waals surface area contributed by atoms with E-state index in [1.54, 1.807) is 17.5 Å². The fraction of sp³-hybridized carbons (Fsp3) is 0.571. The minimum atomic E-state index is 0.126. The van der Waals surface area contributed by atoms with Gasteiger partial charge in [-0.1, -0.05) is 27.7 Å². The van der Waals surface area contributed by atoms with Crippen molar-refractivity contribution in [1.29, 1.82) is 0 Å². The van der Waals surface area contributed by atoms with Gasteiger partial charge < -0.3 is 9.73 Å². The van der Waals surface area contributed by atoms with Gasteiger partial charge in [0.15, 0.2) is 0 Å². The van der Waals surface area contributed by atoms with Crippen LogP contribution in [0, 0.1) is 0 Å². The highest BCUT2D eigenvalue weighted by atomic mass is 32.1. The molecule has 0 amide bonds. The Hall–Kier alpha value is -1.20. The molecule has 0 spiro atoms. The first kappa shape index (κ1) is 14.2. The molecule has 0 saturated carbocycles. The number of aryl methyl sites for hydroxylation is 1. The maximum Gasteiger partial charge on any atom is 0.208 e. The first-order chi connectivity index (χ1) is 8.99. The van der Waals surface area contributed by atoms with Crippen LogP contribution in [0.5, 0.6) is 0 Å². The Morgan fingerprint density at radius 1 is 1.32 bits per heavy atom. The lowest BCUT2D eigenvalue weighted by Crippen LogP contribution is -2.14. The molecule has 0 aliphatic carbocycles. The van der Waals surface area contributed by atoms with Gasteiger partial charge in [0, 0.05) is 23.8 Å². The van der Waals surface area contributed by atoms with Gasteiger partial charge >= 0.3 is 0 Å². The second-order valence-corrected chi connectivity index (χ2v) is 6.43. The largest absolute Gasteiger partial charge is 0.444 e. The lowest BCUT2D eigenvalue weighted by atomic mass is 9.98. The van der Waals surface area contributed by atoms with Crippen LogP contribution in [-0.2, 0) is 24.9 Å². The van der Waals surface area contributed by atoms with Crippen LogP contribution in [0.4, 0.5) is 0 Å². The number of rotatable bonds is 5. The highest BCUT2D eigenvalue weighted by Gasteiger charge is 2.17. The summed E-state index contributed by atoms with van der Waals surface area (Å²) < 4.78 is 5.54. The van der Waals surface area contributed by atoms with E-state index in [1.165, 1.54) is 5.01 Å². The van der Waals surface area contributed by atoms with Gasteiger partial charge in [-0.05, 0) is 0 Å². The summed E-state index contributed by atoms with van der Waals surface area (Å²) >= 11 is 1.72. The van der Waals surface area contributed by atoms with Crippen molar-refractivity contribution in [1.82, 2.24) is 15.3 Å². The summed E-state index contributed by atoms with van der Waals surface area (Å²) in [5, 5.41) is 6.59. The molecule has 5 heteroatoms. The molecule has 0 saturated heterocycles. The zero-order chi connectivity index (χ0) is 13.9. The molecule has 0 bridgehead atoms. The minimum absolute atomic E-state index is 0.126. The molecule has 0 aromatic carbocycles. The smallest absolute Gasteiger partial charge is 0.208 e. The fourth-order valence-electron chi connectivity index (χ4n) is 1.62. The number of nitrogens with one attached hydrogen (secondary N) is 1. The maximum atomic E-state index is 5.54. The van der Waals surface area contributed by atoms with Crippen LogP contribution in [-0.4, -0.2) is 9.97 Å². The van der Waals surface area contributed by atoms with E-state index in [1.807, 2.05) is 0 Å². The van der Waals surface area contributed by atoms with Gasteiger partial charge in [0.1, 0.15) is 5.76 Å². The predicted molar refractivity (Wildman–Crippen MR) is 77.2 cm³/mol. The van der Waals surface area contributed by atoms with Crippen LogP contribution in [0.1, 0.15) is 50.0 Å². The summed E-state index contributed by atoms with van der Waals surface area (Å²) in [6, 6.07) is 0. The lowest BCUT2D eigenvalue weighted by Gasteiger charge is -2.13. The molecular formula is C14H21N3OS. The molecule has 0 fully saturated rings. The number of hydrogen-bond acceptors (Lipinski definition) is 5. The van der Waals surface area contributed by atoms with Gasteiger partial charge in [-0.2, -0.15) is 0 Å². The van der Waals surface area contributed by atoms with E-state index in [0.717, 1.165) is 30.3 Å². The molecule has 2 rings (SSSR count). The molecule has 0 aliphatic rings. The van der Waals surface area contributed by atoms with E-state index in [9.17, 15) is 0 Å². The number of oxazole rings is 1. The highest BCUT2D eigenvalue weighted by Crippen LogP contribution is 2.25. The van der Waals surface area contributed by atoms with Crippen molar-refractivity contribution in [2.24, 2.45) is 0 Å². The molecule has 0 unspecified atom stereocenters. The van der Waals surface area contributed by atoms with E-state index in [2.05, 4.69) is 48.4 Å². The van der Waals surface area contributed by atoms with Gasteiger partial charge in [0.05, 0.1) is 23.4 Å². The Morgan fingerprint density at radius 2 is 2.11 bits per heavy atom. The third-order valence-corrected chi connectivity index (χ3v) is 4.04. The second kappa shape index (κ2) is 5.84. The summed E-state index contributed by atoms with van der Waals surface area (Å²) in [6.07, 6.45) is 2.67. The monoisotopic (exact) mass is 279 g/mol. The van der Waals surface area contributed by atoms with Crippen LogP contribution in [0.3, 0.4) is 0 Å². The topological polar surface area (TPSA) is 51.0 Å². The molecule has 4 nitrogen and oxygen atoms in total. The summed E-state index contributed by atoms with van der Waals surface area (Å²) in [4.78, 5) is 8.85. The zero-order valence-electron chi connectivity index (χ0n) is 12.0. The summed E-state index contributed by atoms with van der Waals surface area (Å²) in [6.45, 7) is 9.99. The van der Waals surface area contributed by atoms with Gasteiger partial charge in [-0.3, -0.25) is 0 Å². The van der Waals surface area contributed by atoms with Crippen molar-refractivity contribution in [3.8, 4) is 0 Å². The summed E-state index contributed by atoms with van der Waals surface area (Å²) in [5.74, 6) is 1.67. The zero-order valence-corrected chi connectivity index (χ0v) is 12.8. The van der Waals surface area contributed by atoms with E-state index in [0.29, 0.717) is 6.54 Å². The SMILES string of the molecule is CCc1cnc(CNCc2csc(C(C)(C)C)n2)o1.